The number of hydrogen-bond donors (Lipinski definition) is 0. The molecule has 1 heterocycles. The molecule has 0 fully saturated rings. The SMILES string of the molecule is CCOC(=O)/C(C#N)=C/c1cncs1. The Labute approximate surface area is 85.5 Å². The number of ether oxygens (including phenoxy) is 1. The number of esters is 1. The molecule has 4 nitrogen and oxygen atoms in total. The van der Waals surface area contributed by atoms with Gasteiger partial charge in [-0.3, -0.25) is 4.98 Å². The summed E-state index contributed by atoms with van der Waals surface area (Å²) in [5.41, 5.74) is 1.63. The van der Waals surface area contributed by atoms with Gasteiger partial charge in [0.1, 0.15) is 11.6 Å². The fourth-order valence-electron chi connectivity index (χ4n) is 0.785. The molecule has 0 aliphatic rings. The largest absolute Gasteiger partial charge is 0.462 e. The predicted octanol–water partition coefficient (Wildman–Crippen LogP) is 1.61. The second-order valence-electron chi connectivity index (χ2n) is 2.29. The highest BCUT2D eigenvalue weighted by Crippen LogP contribution is 2.11. The van der Waals surface area contributed by atoms with Gasteiger partial charge in [0.05, 0.1) is 12.1 Å². The molecule has 0 N–H and O–H groups in total. The molecule has 0 saturated heterocycles. The second-order valence-corrected chi connectivity index (χ2v) is 3.21. The van der Waals surface area contributed by atoms with Crippen LogP contribution in [-0.4, -0.2) is 17.6 Å². The number of nitriles is 1. The third-order valence-corrected chi connectivity index (χ3v) is 2.08. The molecule has 0 saturated carbocycles. The Hall–Kier alpha value is -1.67. The Balaban J connectivity index is 2.83. The number of hydrogen-bond acceptors (Lipinski definition) is 5. The first-order valence-corrected chi connectivity index (χ1v) is 4.83. The molecule has 0 spiro atoms. The van der Waals surface area contributed by atoms with Crippen molar-refractivity contribution in [3.8, 4) is 6.07 Å². The van der Waals surface area contributed by atoms with Gasteiger partial charge in [0, 0.05) is 11.1 Å². The van der Waals surface area contributed by atoms with E-state index in [4.69, 9.17) is 10.00 Å². The highest BCUT2D eigenvalue weighted by atomic mass is 32.1. The third-order valence-electron chi connectivity index (χ3n) is 1.35. The molecule has 14 heavy (non-hydrogen) atoms. The summed E-state index contributed by atoms with van der Waals surface area (Å²) < 4.78 is 4.70. The molecule has 72 valence electrons. The minimum absolute atomic E-state index is 0.00361. The van der Waals surface area contributed by atoms with Gasteiger partial charge in [-0.05, 0) is 13.0 Å². The van der Waals surface area contributed by atoms with Crippen LogP contribution in [0.3, 0.4) is 0 Å². The molecule has 5 heteroatoms. The Morgan fingerprint density at radius 2 is 2.64 bits per heavy atom. The van der Waals surface area contributed by atoms with Gasteiger partial charge >= 0.3 is 5.97 Å². The molecule has 1 rings (SSSR count). The summed E-state index contributed by atoms with van der Waals surface area (Å²) in [5.74, 6) is -0.594. The summed E-state index contributed by atoms with van der Waals surface area (Å²) in [7, 11) is 0. The number of rotatable bonds is 3. The minimum Gasteiger partial charge on any atom is -0.462 e. The smallest absolute Gasteiger partial charge is 0.348 e. The van der Waals surface area contributed by atoms with Gasteiger partial charge in [-0.1, -0.05) is 0 Å². The molecular formula is C9H8N2O2S. The van der Waals surface area contributed by atoms with E-state index >= 15 is 0 Å². The lowest BCUT2D eigenvalue weighted by Crippen LogP contribution is -2.05. The van der Waals surface area contributed by atoms with E-state index in [1.54, 1.807) is 24.7 Å². The van der Waals surface area contributed by atoms with Crippen LogP contribution in [0.15, 0.2) is 17.3 Å². The van der Waals surface area contributed by atoms with Crippen LogP contribution in [0.25, 0.3) is 6.08 Å². The summed E-state index contributed by atoms with van der Waals surface area (Å²) in [6, 6.07) is 1.79. The molecule has 1 aromatic heterocycles. The van der Waals surface area contributed by atoms with E-state index < -0.39 is 5.97 Å². The first kappa shape index (κ1) is 10.4. The molecule has 1 aromatic rings. The maximum atomic E-state index is 11.2. The topological polar surface area (TPSA) is 63.0 Å². The lowest BCUT2D eigenvalue weighted by Gasteiger charge is -1.97. The molecular weight excluding hydrogens is 200 g/mol. The fraction of sp³-hybridized carbons (Fsp3) is 0.222. The van der Waals surface area contributed by atoms with Crippen molar-refractivity contribution in [2.75, 3.05) is 6.61 Å². The minimum atomic E-state index is -0.594. The van der Waals surface area contributed by atoms with Crippen molar-refractivity contribution in [1.82, 2.24) is 4.98 Å². The van der Waals surface area contributed by atoms with Crippen molar-refractivity contribution in [3.05, 3.63) is 22.2 Å². The van der Waals surface area contributed by atoms with Crippen molar-refractivity contribution >= 4 is 23.4 Å². The Bertz CT molecular complexity index is 376. The van der Waals surface area contributed by atoms with E-state index in [0.717, 1.165) is 4.88 Å². The fourth-order valence-corrected chi connectivity index (χ4v) is 1.34. The molecule has 0 bridgehead atoms. The van der Waals surface area contributed by atoms with E-state index in [0.29, 0.717) is 0 Å². The van der Waals surface area contributed by atoms with Gasteiger partial charge in [0.2, 0.25) is 0 Å². The van der Waals surface area contributed by atoms with E-state index in [1.807, 2.05) is 0 Å². The number of carbonyl (C=O) groups excluding carboxylic acids is 1. The summed E-state index contributed by atoms with van der Waals surface area (Å²) in [6.45, 7) is 1.96. The summed E-state index contributed by atoms with van der Waals surface area (Å²) in [6.07, 6.45) is 3.05. The molecule has 0 aliphatic carbocycles. The van der Waals surface area contributed by atoms with Gasteiger partial charge in [0.25, 0.3) is 0 Å². The van der Waals surface area contributed by atoms with Crippen molar-refractivity contribution in [1.29, 1.82) is 5.26 Å². The van der Waals surface area contributed by atoms with Crippen molar-refractivity contribution in [2.45, 2.75) is 6.92 Å². The summed E-state index contributed by atoms with van der Waals surface area (Å²) >= 11 is 1.36. The van der Waals surface area contributed by atoms with Crippen LogP contribution < -0.4 is 0 Å². The van der Waals surface area contributed by atoms with E-state index in [-0.39, 0.29) is 12.2 Å². The average molecular weight is 208 g/mol. The zero-order valence-electron chi connectivity index (χ0n) is 7.56. The van der Waals surface area contributed by atoms with Crippen LogP contribution >= 0.6 is 11.3 Å². The average Bonchev–Trinajstić information content (AvgIpc) is 2.66. The zero-order chi connectivity index (χ0) is 10.4. The van der Waals surface area contributed by atoms with E-state index in [9.17, 15) is 4.79 Å². The number of thiazole rings is 1. The van der Waals surface area contributed by atoms with Crippen LogP contribution in [0, 0.1) is 11.3 Å². The normalized spacial score (nSPS) is 10.7. The summed E-state index contributed by atoms with van der Waals surface area (Å²) in [4.78, 5) is 15.8. The van der Waals surface area contributed by atoms with Crippen molar-refractivity contribution in [3.63, 3.8) is 0 Å². The Morgan fingerprint density at radius 1 is 1.86 bits per heavy atom. The zero-order valence-corrected chi connectivity index (χ0v) is 8.37. The molecule has 0 aliphatic heterocycles. The van der Waals surface area contributed by atoms with Gasteiger partial charge in [-0.25, -0.2) is 4.79 Å². The van der Waals surface area contributed by atoms with Crippen molar-refractivity contribution < 1.29 is 9.53 Å². The van der Waals surface area contributed by atoms with Gasteiger partial charge < -0.3 is 4.74 Å². The van der Waals surface area contributed by atoms with Gasteiger partial charge in [-0.15, -0.1) is 11.3 Å². The first-order valence-electron chi connectivity index (χ1n) is 3.95. The van der Waals surface area contributed by atoms with Crippen LogP contribution in [0.5, 0.6) is 0 Å². The molecule has 0 aromatic carbocycles. The number of carbonyl (C=O) groups is 1. The first-order chi connectivity index (χ1) is 6.77. The molecule has 0 unspecified atom stereocenters. The third kappa shape index (κ3) is 2.68. The van der Waals surface area contributed by atoms with Crippen LogP contribution in [0.1, 0.15) is 11.8 Å². The Morgan fingerprint density at radius 3 is 3.14 bits per heavy atom. The van der Waals surface area contributed by atoms with E-state index in [1.165, 1.54) is 17.4 Å². The lowest BCUT2D eigenvalue weighted by atomic mass is 10.2. The van der Waals surface area contributed by atoms with Gasteiger partial charge in [0.15, 0.2) is 0 Å². The standard InChI is InChI=1S/C9H8N2O2S/c1-2-13-9(12)7(4-10)3-8-5-11-6-14-8/h3,5-6H,2H2,1H3/b7-3+. The van der Waals surface area contributed by atoms with E-state index in [2.05, 4.69) is 4.98 Å². The van der Waals surface area contributed by atoms with Crippen LogP contribution in [-0.2, 0) is 9.53 Å². The molecule has 0 radical (unpaired) electrons. The Kier molecular flexibility index (Phi) is 3.83. The van der Waals surface area contributed by atoms with Crippen LogP contribution in [0.4, 0.5) is 0 Å². The molecule has 0 atom stereocenters. The monoisotopic (exact) mass is 208 g/mol. The highest BCUT2D eigenvalue weighted by Gasteiger charge is 2.09. The highest BCUT2D eigenvalue weighted by molar-refractivity contribution is 7.10. The lowest BCUT2D eigenvalue weighted by molar-refractivity contribution is -0.137. The second kappa shape index (κ2) is 5.14. The molecule has 0 amide bonds. The number of aromatic nitrogens is 1. The van der Waals surface area contributed by atoms with Crippen LogP contribution in [0.2, 0.25) is 0 Å². The predicted molar refractivity (Wildman–Crippen MR) is 52.3 cm³/mol. The maximum absolute atomic E-state index is 11.2. The number of nitrogens with zero attached hydrogens (tertiary/aromatic N) is 2. The maximum Gasteiger partial charge on any atom is 0.348 e. The van der Waals surface area contributed by atoms with Gasteiger partial charge in [-0.2, -0.15) is 5.26 Å². The quantitative estimate of drug-likeness (QED) is 0.430. The van der Waals surface area contributed by atoms with Crippen molar-refractivity contribution in [2.24, 2.45) is 0 Å². The summed E-state index contributed by atoms with van der Waals surface area (Å²) in [5, 5.41) is 8.69.